The first-order chi connectivity index (χ1) is 10.4. The van der Waals surface area contributed by atoms with Gasteiger partial charge in [-0.1, -0.05) is 94.6 Å². The van der Waals surface area contributed by atoms with Gasteiger partial charge >= 0.3 is 0 Å². The molecule has 0 N–H and O–H groups in total. The van der Waals surface area contributed by atoms with Crippen molar-refractivity contribution < 1.29 is 0 Å². The smallest absolute Gasteiger partial charge is 0.00898 e. The Kier molecular flexibility index (Phi) is 17.1. The average molecular weight is 284 g/mol. The number of allylic oxidation sites excluding steroid dienone is 8. The Hall–Kier alpha value is -1.52. The summed E-state index contributed by atoms with van der Waals surface area (Å²) < 4.78 is 0. The normalized spacial score (nSPS) is 11.3. The van der Waals surface area contributed by atoms with Crippen LogP contribution in [-0.2, 0) is 0 Å². The maximum Gasteiger partial charge on any atom is -0.00898 e. The van der Waals surface area contributed by atoms with E-state index in [1.54, 1.807) is 6.08 Å². The first kappa shape index (κ1) is 19.5. The quantitative estimate of drug-likeness (QED) is 0.192. The summed E-state index contributed by atoms with van der Waals surface area (Å²) in [5, 5.41) is 0. The lowest BCUT2D eigenvalue weighted by Gasteiger charge is -1.98. The predicted molar refractivity (Wildman–Crippen MR) is 97.5 cm³/mol. The topological polar surface area (TPSA) is 0 Å². The summed E-state index contributed by atoms with van der Waals surface area (Å²) in [5.74, 6) is 0. The zero-order valence-corrected chi connectivity index (χ0v) is 13.8. The summed E-state index contributed by atoms with van der Waals surface area (Å²) in [6.45, 7) is 5.88. The molecule has 0 rings (SSSR count). The van der Waals surface area contributed by atoms with Gasteiger partial charge < -0.3 is 0 Å². The van der Waals surface area contributed by atoms with Crippen LogP contribution in [0.1, 0.15) is 64.7 Å². The van der Waals surface area contributed by atoms with Crippen molar-refractivity contribution in [1.82, 2.24) is 0 Å². The lowest BCUT2D eigenvalue weighted by Crippen LogP contribution is -1.78. The van der Waals surface area contributed by atoms with Crippen molar-refractivity contribution in [3.05, 3.63) is 67.0 Å². The zero-order chi connectivity index (χ0) is 15.4. The molecule has 0 unspecified atom stereocenters. The van der Waals surface area contributed by atoms with E-state index in [9.17, 15) is 0 Å². The summed E-state index contributed by atoms with van der Waals surface area (Å²) >= 11 is 0. The standard InChI is InChI=1S/C21H32/c1-3-5-7-9-11-13-15-17-19-21-20-18-16-14-12-10-8-6-4-2/h3,5,7,9,13,17,19-21H,1,4,6,8,10,12,14-16,18H2,2H3/b7-5+,19-17+,21-20+. The molecule has 0 aromatic heterocycles. The summed E-state index contributed by atoms with van der Waals surface area (Å²) in [6.07, 6.45) is 30.0. The van der Waals surface area contributed by atoms with Gasteiger partial charge in [-0.05, 0) is 31.4 Å². The number of hydrogen-bond donors (Lipinski definition) is 0. The molecular weight excluding hydrogens is 252 g/mol. The third kappa shape index (κ3) is 18.5. The summed E-state index contributed by atoms with van der Waals surface area (Å²) in [7, 11) is 0. The van der Waals surface area contributed by atoms with Gasteiger partial charge in [0.15, 0.2) is 0 Å². The molecule has 0 aliphatic rings. The second-order valence-corrected chi connectivity index (χ2v) is 5.16. The van der Waals surface area contributed by atoms with Crippen molar-refractivity contribution in [1.29, 1.82) is 0 Å². The van der Waals surface area contributed by atoms with Crippen LogP contribution in [0.25, 0.3) is 0 Å². The third-order valence-corrected chi connectivity index (χ3v) is 3.17. The van der Waals surface area contributed by atoms with E-state index in [4.69, 9.17) is 0 Å². The van der Waals surface area contributed by atoms with Gasteiger partial charge in [0, 0.05) is 0 Å². The molecular formula is C21H32. The van der Waals surface area contributed by atoms with Crippen LogP contribution in [0, 0.1) is 0 Å². The third-order valence-electron chi connectivity index (χ3n) is 3.17. The van der Waals surface area contributed by atoms with Crippen LogP contribution in [0.15, 0.2) is 67.0 Å². The second-order valence-electron chi connectivity index (χ2n) is 5.16. The van der Waals surface area contributed by atoms with Crippen molar-refractivity contribution in [3.8, 4) is 0 Å². The van der Waals surface area contributed by atoms with Gasteiger partial charge in [0.05, 0.1) is 0 Å². The van der Waals surface area contributed by atoms with E-state index in [1.165, 1.54) is 51.4 Å². The molecule has 0 heteroatoms. The van der Waals surface area contributed by atoms with Gasteiger partial charge in [-0.2, -0.15) is 0 Å². The molecule has 0 fully saturated rings. The summed E-state index contributed by atoms with van der Waals surface area (Å²) in [6, 6.07) is 0. The minimum absolute atomic E-state index is 0.931. The van der Waals surface area contributed by atoms with Crippen molar-refractivity contribution in [2.24, 2.45) is 0 Å². The monoisotopic (exact) mass is 284 g/mol. The van der Waals surface area contributed by atoms with Crippen LogP contribution in [0.2, 0.25) is 0 Å². The van der Waals surface area contributed by atoms with E-state index in [-0.39, 0.29) is 0 Å². The summed E-state index contributed by atoms with van der Waals surface area (Å²) in [4.78, 5) is 0. The van der Waals surface area contributed by atoms with Gasteiger partial charge in [0.1, 0.15) is 0 Å². The van der Waals surface area contributed by atoms with Gasteiger partial charge in [-0.15, -0.1) is 5.73 Å². The number of unbranched alkanes of at least 4 members (excludes halogenated alkanes) is 7. The first-order valence-electron chi connectivity index (χ1n) is 8.42. The maximum atomic E-state index is 3.61. The number of hydrogen-bond acceptors (Lipinski definition) is 0. The molecule has 0 saturated carbocycles. The molecule has 0 heterocycles. The predicted octanol–water partition coefficient (Wildman–Crippen LogP) is 7.08. The van der Waals surface area contributed by atoms with E-state index >= 15 is 0 Å². The molecule has 0 aromatic rings. The minimum atomic E-state index is 0.931. The Morgan fingerprint density at radius 2 is 1.52 bits per heavy atom. The summed E-state index contributed by atoms with van der Waals surface area (Å²) in [5.41, 5.74) is 3.10. The van der Waals surface area contributed by atoms with E-state index in [0.717, 1.165) is 6.42 Å². The highest BCUT2D eigenvalue weighted by atomic mass is 13.9. The van der Waals surface area contributed by atoms with Crippen LogP contribution < -0.4 is 0 Å². The molecule has 0 bridgehead atoms. The molecule has 0 radical (unpaired) electrons. The molecule has 0 saturated heterocycles. The Labute approximate surface area is 132 Å². The molecule has 116 valence electrons. The van der Waals surface area contributed by atoms with Gasteiger partial charge in [0.25, 0.3) is 0 Å². The van der Waals surface area contributed by atoms with E-state index in [1.807, 2.05) is 24.3 Å². The number of rotatable bonds is 13. The lowest BCUT2D eigenvalue weighted by atomic mass is 10.1. The van der Waals surface area contributed by atoms with Gasteiger partial charge in [-0.3, -0.25) is 0 Å². The van der Waals surface area contributed by atoms with Crippen LogP contribution in [0.5, 0.6) is 0 Å². The van der Waals surface area contributed by atoms with Crippen molar-refractivity contribution in [3.63, 3.8) is 0 Å². The first-order valence-corrected chi connectivity index (χ1v) is 8.42. The van der Waals surface area contributed by atoms with Crippen molar-refractivity contribution >= 4 is 0 Å². The highest BCUT2D eigenvalue weighted by Crippen LogP contribution is 2.08. The van der Waals surface area contributed by atoms with Crippen LogP contribution in [-0.4, -0.2) is 0 Å². The minimum Gasteiger partial charge on any atom is -0.125 e. The Bertz CT molecular complexity index is 359. The fraction of sp³-hybridized carbons (Fsp3) is 0.476. The highest BCUT2D eigenvalue weighted by molar-refractivity contribution is 5.10. The van der Waals surface area contributed by atoms with E-state index in [0.29, 0.717) is 0 Å². The largest absolute Gasteiger partial charge is 0.125 e. The van der Waals surface area contributed by atoms with E-state index < -0.39 is 0 Å². The molecule has 21 heavy (non-hydrogen) atoms. The zero-order valence-electron chi connectivity index (χ0n) is 13.8. The Morgan fingerprint density at radius 3 is 2.29 bits per heavy atom. The van der Waals surface area contributed by atoms with Gasteiger partial charge in [0.2, 0.25) is 0 Å². The SMILES string of the molecule is C=C/C=C/C=C=CC/C=C/C=C/CCCCCCCCC. The fourth-order valence-electron chi connectivity index (χ4n) is 1.95. The molecule has 0 nitrogen and oxygen atoms in total. The lowest BCUT2D eigenvalue weighted by molar-refractivity contribution is 0.592. The second kappa shape index (κ2) is 18.5. The molecule has 0 aromatic carbocycles. The fourth-order valence-corrected chi connectivity index (χ4v) is 1.95. The van der Waals surface area contributed by atoms with Crippen LogP contribution in [0.4, 0.5) is 0 Å². The molecule has 0 spiro atoms. The van der Waals surface area contributed by atoms with Crippen molar-refractivity contribution in [2.75, 3.05) is 0 Å². The van der Waals surface area contributed by atoms with E-state index in [2.05, 4.69) is 43.5 Å². The molecule has 0 atom stereocenters. The maximum absolute atomic E-state index is 3.61. The average Bonchev–Trinajstić information content (AvgIpc) is 2.50. The molecule has 0 aliphatic carbocycles. The Morgan fingerprint density at radius 1 is 0.810 bits per heavy atom. The molecule has 0 amide bonds. The van der Waals surface area contributed by atoms with Crippen LogP contribution in [0.3, 0.4) is 0 Å². The highest BCUT2D eigenvalue weighted by Gasteiger charge is 1.88. The van der Waals surface area contributed by atoms with Gasteiger partial charge in [-0.25, -0.2) is 0 Å². The van der Waals surface area contributed by atoms with Crippen molar-refractivity contribution in [2.45, 2.75) is 64.7 Å². The van der Waals surface area contributed by atoms with Crippen LogP contribution >= 0.6 is 0 Å². The Balaban J connectivity index is 3.42. The molecule has 0 aliphatic heterocycles.